The maximum atomic E-state index is 11.3. The predicted octanol–water partition coefficient (Wildman–Crippen LogP) is 1.41. The van der Waals surface area contributed by atoms with E-state index in [1.165, 1.54) is 0 Å². The molecule has 0 bridgehead atoms. The highest BCUT2D eigenvalue weighted by Gasteiger charge is 2.32. The molecule has 0 unspecified atom stereocenters. The Hall–Kier alpha value is -1.06. The summed E-state index contributed by atoms with van der Waals surface area (Å²) in [5, 5.41) is 22.5. The second kappa shape index (κ2) is 9.82. The first-order valence-electron chi connectivity index (χ1n) is 7.44. The summed E-state index contributed by atoms with van der Waals surface area (Å²) >= 11 is 0. The Morgan fingerprint density at radius 3 is 1.37 bits per heavy atom. The van der Waals surface area contributed by atoms with Gasteiger partial charge >= 0.3 is 0 Å². The molecule has 4 heteroatoms. The Morgan fingerprint density at radius 1 is 0.737 bits per heavy atom. The Morgan fingerprint density at radius 2 is 1.11 bits per heavy atom. The second-order valence-corrected chi connectivity index (χ2v) is 5.28. The van der Waals surface area contributed by atoms with Gasteiger partial charge < -0.3 is 19.8 Å². The Kier molecular flexibility index (Phi) is 9.27. The van der Waals surface area contributed by atoms with Crippen LogP contribution in [0.25, 0.3) is 0 Å². The molecule has 0 fully saturated rings. The number of aliphatic carboxylic acids is 2. The molecule has 0 aliphatic carbocycles. The molecule has 0 aliphatic heterocycles. The van der Waals surface area contributed by atoms with E-state index in [1.807, 2.05) is 0 Å². The molecular formula is C15H26O4-2. The lowest BCUT2D eigenvalue weighted by Crippen LogP contribution is -2.53. The highest BCUT2D eigenvalue weighted by molar-refractivity contribution is 5.96. The van der Waals surface area contributed by atoms with Crippen molar-refractivity contribution in [3.05, 3.63) is 0 Å². The van der Waals surface area contributed by atoms with Crippen LogP contribution in [0.4, 0.5) is 0 Å². The highest BCUT2D eigenvalue weighted by Crippen LogP contribution is 2.31. The van der Waals surface area contributed by atoms with Crippen molar-refractivity contribution in [1.82, 2.24) is 0 Å². The first kappa shape index (κ1) is 17.9. The molecule has 0 aromatic carbocycles. The number of unbranched alkanes of at least 4 members (excludes halogenated alkanes) is 6. The van der Waals surface area contributed by atoms with Crippen LogP contribution in [-0.2, 0) is 9.59 Å². The first-order chi connectivity index (χ1) is 9.01. The third-order valence-electron chi connectivity index (χ3n) is 3.70. The van der Waals surface area contributed by atoms with E-state index in [0.717, 1.165) is 38.5 Å². The van der Waals surface area contributed by atoms with Crippen LogP contribution >= 0.6 is 0 Å². The summed E-state index contributed by atoms with van der Waals surface area (Å²) in [4.78, 5) is 22.5. The van der Waals surface area contributed by atoms with Gasteiger partial charge in [-0.2, -0.15) is 0 Å². The van der Waals surface area contributed by atoms with Crippen LogP contribution in [-0.4, -0.2) is 11.9 Å². The van der Waals surface area contributed by atoms with Crippen molar-refractivity contribution >= 4 is 11.9 Å². The van der Waals surface area contributed by atoms with Gasteiger partial charge in [-0.25, -0.2) is 0 Å². The average Bonchev–Trinajstić information content (AvgIpc) is 2.36. The number of carboxylic acid groups (broad SMARTS) is 2. The molecule has 19 heavy (non-hydrogen) atoms. The van der Waals surface area contributed by atoms with Gasteiger partial charge in [-0.3, -0.25) is 0 Å². The topological polar surface area (TPSA) is 80.3 Å². The van der Waals surface area contributed by atoms with Crippen LogP contribution < -0.4 is 10.2 Å². The van der Waals surface area contributed by atoms with Gasteiger partial charge in [0.1, 0.15) is 0 Å². The Bertz CT molecular complexity index is 245. The smallest absolute Gasteiger partial charge is 0.0532 e. The molecule has 0 saturated heterocycles. The monoisotopic (exact) mass is 270 g/mol. The zero-order valence-electron chi connectivity index (χ0n) is 12.2. The van der Waals surface area contributed by atoms with E-state index in [1.54, 1.807) is 0 Å². The third-order valence-corrected chi connectivity index (χ3v) is 3.70. The van der Waals surface area contributed by atoms with Gasteiger partial charge in [0.25, 0.3) is 0 Å². The molecule has 4 nitrogen and oxygen atoms in total. The Balaban J connectivity index is 4.51. The molecule has 0 rings (SSSR count). The molecular weight excluding hydrogens is 244 g/mol. The molecule has 0 atom stereocenters. The lowest BCUT2D eigenvalue weighted by Gasteiger charge is -2.36. The maximum Gasteiger partial charge on any atom is 0.0532 e. The molecule has 0 N–H and O–H groups in total. The minimum absolute atomic E-state index is 0.129. The average molecular weight is 270 g/mol. The molecule has 0 aromatic rings. The number of hydrogen-bond donors (Lipinski definition) is 0. The standard InChI is InChI=1S/C15H28O4/c1-3-5-7-9-11-15(13(16)17,14(18)19)12-10-8-6-4-2/h3-12H2,1-2H3,(H,16,17)(H,18,19)/p-2. The molecule has 0 saturated carbocycles. The summed E-state index contributed by atoms with van der Waals surface area (Å²) in [6.07, 6.45) is 7.21. The van der Waals surface area contributed by atoms with Crippen molar-refractivity contribution in [3.63, 3.8) is 0 Å². The molecule has 0 aromatic heterocycles. The summed E-state index contributed by atoms with van der Waals surface area (Å²) in [7, 11) is 0. The minimum atomic E-state index is -1.79. The van der Waals surface area contributed by atoms with Gasteiger partial charge in [0.2, 0.25) is 0 Å². The van der Waals surface area contributed by atoms with Crippen LogP contribution in [0.3, 0.4) is 0 Å². The number of carbonyl (C=O) groups excluding carboxylic acids is 2. The molecule has 0 radical (unpaired) electrons. The van der Waals surface area contributed by atoms with Crippen molar-refractivity contribution < 1.29 is 19.8 Å². The summed E-state index contributed by atoms with van der Waals surface area (Å²) in [6.45, 7) is 4.10. The second-order valence-electron chi connectivity index (χ2n) is 5.28. The molecule has 112 valence electrons. The Labute approximate surface area is 116 Å². The zero-order chi connectivity index (χ0) is 14.7. The quantitative estimate of drug-likeness (QED) is 0.397. The van der Waals surface area contributed by atoms with Gasteiger partial charge in [0, 0.05) is 5.41 Å². The van der Waals surface area contributed by atoms with Gasteiger partial charge in [-0.1, -0.05) is 65.2 Å². The van der Waals surface area contributed by atoms with E-state index in [0.29, 0.717) is 12.8 Å². The number of carboxylic acids is 2. The lowest BCUT2D eigenvalue weighted by molar-refractivity contribution is -0.344. The largest absolute Gasteiger partial charge is 0.549 e. The fraction of sp³-hybridized carbons (Fsp3) is 0.867. The van der Waals surface area contributed by atoms with Crippen LogP contribution in [0.15, 0.2) is 0 Å². The molecule has 0 aliphatic rings. The fourth-order valence-electron chi connectivity index (χ4n) is 2.32. The summed E-state index contributed by atoms with van der Waals surface area (Å²) < 4.78 is 0. The van der Waals surface area contributed by atoms with E-state index in [4.69, 9.17) is 0 Å². The van der Waals surface area contributed by atoms with Crippen molar-refractivity contribution in [1.29, 1.82) is 0 Å². The van der Waals surface area contributed by atoms with E-state index in [2.05, 4.69) is 13.8 Å². The van der Waals surface area contributed by atoms with Crippen LogP contribution in [0.1, 0.15) is 78.1 Å². The minimum Gasteiger partial charge on any atom is -0.549 e. The number of rotatable bonds is 12. The van der Waals surface area contributed by atoms with E-state index >= 15 is 0 Å². The molecule has 0 amide bonds. The lowest BCUT2D eigenvalue weighted by atomic mass is 9.78. The van der Waals surface area contributed by atoms with Gasteiger partial charge in [0.05, 0.1) is 11.9 Å². The first-order valence-corrected chi connectivity index (χ1v) is 7.44. The normalized spacial score (nSPS) is 11.5. The van der Waals surface area contributed by atoms with E-state index in [-0.39, 0.29) is 12.8 Å². The van der Waals surface area contributed by atoms with E-state index in [9.17, 15) is 19.8 Å². The number of carbonyl (C=O) groups is 2. The van der Waals surface area contributed by atoms with Crippen molar-refractivity contribution in [2.45, 2.75) is 78.1 Å². The van der Waals surface area contributed by atoms with Gasteiger partial charge in [0.15, 0.2) is 0 Å². The van der Waals surface area contributed by atoms with Gasteiger partial charge in [-0.05, 0) is 12.8 Å². The van der Waals surface area contributed by atoms with E-state index < -0.39 is 17.4 Å². The van der Waals surface area contributed by atoms with Crippen molar-refractivity contribution in [2.75, 3.05) is 0 Å². The SMILES string of the molecule is CCCCCCC(CCCCCC)(C(=O)[O-])C(=O)[O-]. The maximum absolute atomic E-state index is 11.3. The molecule has 0 spiro atoms. The van der Waals surface area contributed by atoms with Crippen LogP contribution in [0.2, 0.25) is 0 Å². The van der Waals surface area contributed by atoms with Gasteiger partial charge in [-0.15, -0.1) is 0 Å². The highest BCUT2D eigenvalue weighted by atomic mass is 16.4. The predicted molar refractivity (Wildman–Crippen MR) is 70.0 cm³/mol. The molecule has 0 heterocycles. The van der Waals surface area contributed by atoms with Crippen LogP contribution in [0, 0.1) is 5.41 Å². The zero-order valence-corrected chi connectivity index (χ0v) is 12.2. The summed E-state index contributed by atoms with van der Waals surface area (Å²) in [5.74, 6) is -2.97. The van der Waals surface area contributed by atoms with Crippen molar-refractivity contribution in [3.8, 4) is 0 Å². The summed E-state index contributed by atoms with van der Waals surface area (Å²) in [5.41, 5.74) is -1.79. The van der Waals surface area contributed by atoms with Crippen molar-refractivity contribution in [2.24, 2.45) is 5.41 Å². The third kappa shape index (κ3) is 6.08. The summed E-state index contributed by atoms with van der Waals surface area (Å²) in [6, 6.07) is 0. The van der Waals surface area contributed by atoms with Crippen LogP contribution in [0.5, 0.6) is 0 Å². The fourth-order valence-corrected chi connectivity index (χ4v) is 2.32. The number of hydrogen-bond acceptors (Lipinski definition) is 4.